The third-order valence-electron chi connectivity index (χ3n) is 1.63. The molecule has 16 heavy (non-hydrogen) atoms. The second kappa shape index (κ2) is 4.60. The lowest BCUT2D eigenvalue weighted by atomic mass is 10.3. The minimum atomic E-state index is -4.09. The summed E-state index contributed by atoms with van der Waals surface area (Å²) < 4.78 is 51.5. The van der Waals surface area contributed by atoms with Gasteiger partial charge in [-0.1, -0.05) is 0 Å². The van der Waals surface area contributed by atoms with Crippen molar-refractivity contribution in [2.24, 2.45) is 5.14 Å². The van der Waals surface area contributed by atoms with Gasteiger partial charge >= 0.3 is 0 Å². The molecule has 1 aromatic heterocycles. The first-order valence-electron chi connectivity index (χ1n) is 3.82. The topological polar surface area (TPSA) is 82.3 Å². The Morgan fingerprint density at radius 1 is 1.56 bits per heavy atom. The zero-order valence-corrected chi connectivity index (χ0v) is 10.3. The first-order chi connectivity index (χ1) is 7.27. The fraction of sp³-hybridized carbons (Fsp3) is 0.286. The minimum absolute atomic E-state index is 0.133. The van der Waals surface area contributed by atoms with Gasteiger partial charge in [0, 0.05) is 0 Å². The van der Waals surface area contributed by atoms with Crippen molar-refractivity contribution >= 4 is 26.0 Å². The number of sulfonamides is 1. The Balaban J connectivity index is 3.50. The average Bonchev–Trinajstić information content (AvgIpc) is 2.15. The molecule has 0 spiro atoms. The molecule has 5 nitrogen and oxygen atoms in total. The van der Waals surface area contributed by atoms with Crippen LogP contribution < -0.4 is 9.88 Å². The fourth-order valence-corrected chi connectivity index (χ4v) is 2.54. The number of halogens is 3. The van der Waals surface area contributed by atoms with Crippen molar-refractivity contribution in [3.63, 3.8) is 0 Å². The number of rotatable bonds is 3. The van der Waals surface area contributed by atoms with Crippen LogP contribution in [-0.2, 0) is 10.0 Å². The third-order valence-corrected chi connectivity index (χ3v) is 3.35. The number of pyridine rings is 1. The van der Waals surface area contributed by atoms with Gasteiger partial charge in [-0.3, -0.25) is 0 Å². The summed E-state index contributed by atoms with van der Waals surface area (Å²) in [6.07, 6.45) is -2.83. The van der Waals surface area contributed by atoms with Gasteiger partial charge in [0.1, 0.15) is 0 Å². The van der Waals surface area contributed by atoms with E-state index in [-0.39, 0.29) is 4.47 Å². The molecular formula is C7H7BrF2N2O3S. The highest BCUT2D eigenvalue weighted by Crippen LogP contribution is 2.32. The Kier molecular flexibility index (Phi) is 3.81. The van der Waals surface area contributed by atoms with Crippen LogP contribution in [0.5, 0.6) is 5.88 Å². The van der Waals surface area contributed by atoms with E-state index in [0.29, 0.717) is 0 Å². The molecule has 0 aliphatic carbocycles. The molecule has 9 heteroatoms. The Labute approximate surface area is 98.8 Å². The van der Waals surface area contributed by atoms with Gasteiger partial charge in [0.05, 0.1) is 17.1 Å². The van der Waals surface area contributed by atoms with Crippen molar-refractivity contribution in [2.45, 2.75) is 11.5 Å². The molecular weight excluding hydrogens is 310 g/mol. The number of methoxy groups -OCH3 is 1. The van der Waals surface area contributed by atoms with Crippen molar-refractivity contribution in [3.05, 3.63) is 16.1 Å². The molecule has 0 fully saturated rings. The largest absolute Gasteiger partial charge is 0.481 e. The van der Waals surface area contributed by atoms with E-state index in [0.717, 1.165) is 13.2 Å². The molecule has 0 bridgehead atoms. The molecule has 1 rings (SSSR count). The quantitative estimate of drug-likeness (QED) is 0.914. The molecule has 0 unspecified atom stereocenters. The predicted molar refractivity (Wildman–Crippen MR) is 54.8 cm³/mol. The van der Waals surface area contributed by atoms with Crippen molar-refractivity contribution in [2.75, 3.05) is 7.11 Å². The lowest BCUT2D eigenvalue weighted by molar-refractivity contribution is 0.145. The van der Waals surface area contributed by atoms with Crippen LogP contribution in [0.3, 0.4) is 0 Å². The smallest absolute Gasteiger partial charge is 0.269 e. The van der Waals surface area contributed by atoms with Crippen LogP contribution in [0.1, 0.15) is 12.0 Å². The molecule has 0 amide bonds. The maximum atomic E-state index is 12.5. The van der Waals surface area contributed by atoms with Crippen molar-refractivity contribution in [1.29, 1.82) is 0 Å². The SMILES string of the molecule is COc1nc(S(N)(=O)=O)c(Br)cc1C(F)F. The summed E-state index contributed by atoms with van der Waals surface area (Å²) in [5.41, 5.74) is -0.512. The van der Waals surface area contributed by atoms with E-state index in [9.17, 15) is 17.2 Å². The standard InChI is InChI=1S/C7H7BrF2N2O3S/c1-15-6-3(5(9)10)2-4(8)7(12-6)16(11,13)14/h2,5H,1H3,(H2,11,13,14). The lowest BCUT2D eigenvalue weighted by Gasteiger charge is -2.09. The summed E-state index contributed by atoms with van der Waals surface area (Å²) in [6.45, 7) is 0. The Morgan fingerprint density at radius 3 is 2.50 bits per heavy atom. The summed E-state index contributed by atoms with van der Waals surface area (Å²) in [7, 11) is -2.99. The second-order valence-electron chi connectivity index (χ2n) is 2.72. The van der Waals surface area contributed by atoms with Gasteiger partial charge < -0.3 is 4.74 Å². The number of alkyl halides is 2. The molecule has 0 saturated heterocycles. The van der Waals surface area contributed by atoms with Gasteiger partial charge in [-0.2, -0.15) is 4.98 Å². The van der Waals surface area contributed by atoms with Crippen molar-refractivity contribution < 1.29 is 21.9 Å². The number of nitrogens with zero attached hydrogens (tertiary/aromatic N) is 1. The maximum Gasteiger partial charge on any atom is 0.269 e. The first kappa shape index (κ1) is 13.3. The van der Waals surface area contributed by atoms with Crippen LogP contribution >= 0.6 is 15.9 Å². The molecule has 1 heterocycles. The average molecular weight is 317 g/mol. The van der Waals surface area contributed by atoms with Crippen LogP contribution in [0, 0.1) is 0 Å². The van der Waals surface area contributed by atoms with Gasteiger partial charge in [-0.05, 0) is 22.0 Å². The normalized spacial score (nSPS) is 11.9. The van der Waals surface area contributed by atoms with E-state index in [4.69, 9.17) is 5.14 Å². The Hall–Kier alpha value is -0.800. The van der Waals surface area contributed by atoms with E-state index in [1.807, 2.05) is 0 Å². The van der Waals surface area contributed by atoms with Gasteiger partial charge in [0.25, 0.3) is 16.4 Å². The number of hydrogen-bond donors (Lipinski definition) is 1. The first-order valence-corrected chi connectivity index (χ1v) is 6.16. The van der Waals surface area contributed by atoms with Crippen molar-refractivity contribution in [3.8, 4) is 5.88 Å². The number of hydrogen-bond acceptors (Lipinski definition) is 4. The van der Waals surface area contributed by atoms with E-state index in [1.165, 1.54) is 0 Å². The second-order valence-corrected chi connectivity index (χ2v) is 5.05. The summed E-state index contributed by atoms with van der Waals surface area (Å²) in [4.78, 5) is 3.42. The predicted octanol–water partition coefficient (Wildman–Crippen LogP) is 1.44. The van der Waals surface area contributed by atoms with E-state index in [1.54, 1.807) is 0 Å². The molecule has 0 aromatic carbocycles. The van der Waals surface area contributed by atoms with Gasteiger partial charge in [-0.15, -0.1) is 0 Å². The summed E-state index contributed by atoms with van der Waals surface area (Å²) in [5, 5.41) is 4.30. The monoisotopic (exact) mass is 316 g/mol. The highest BCUT2D eigenvalue weighted by Gasteiger charge is 2.22. The van der Waals surface area contributed by atoms with E-state index >= 15 is 0 Å². The summed E-state index contributed by atoms with van der Waals surface area (Å²) >= 11 is 2.80. The van der Waals surface area contributed by atoms with Crippen LogP contribution in [-0.4, -0.2) is 20.5 Å². The molecule has 0 atom stereocenters. The van der Waals surface area contributed by atoms with Crippen LogP contribution in [0.2, 0.25) is 0 Å². The minimum Gasteiger partial charge on any atom is -0.481 e. The summed E-state index contributed by atoms with van der Waals surface area (Å²) in [5.74, 6) is -0.470. The molecule has 0 aliphatic heterocycles. The number of nitrogens with two attached hydrogens (primary N) is 1. The number of ether oxygens (including phenoxy) is 1. The zero-order valence-electron chi connectivity index (χ0n) is 7.95. The van der Waals surface area contributed by atoms with E-state index in [2.05, 4.69) is 25.7 Å². The Bertz CT molecular complexity index is 507. The lowest BCUT2D eigenvalue weighted by Crippen LogP contribution is -2.15. The Morgan fingerprint density at radius 2 is 2.12 bits per heavy atom. The molecule has 2 N–H and O–H groups in total. The van der Waals surface area contributed by atoms with Crippen LogP contribution in [0.15, 0.2) is 15.6 Å². The highest BCUT2D eigenvalue weighted by atomic mass is 79.9. The molecule has 0 saturated carbocycles. The fourth-order valence-electron chi connectivity index (χ4n) is 0.990. The highest BCUT2D eigenvalue weighted by molar-refractivity contribution is 9.10. The maximum absolute atomic E-state index is 12.5. The number of primary sulfonamides is 1. The molecule has 0 radical (unpaired) electrons. The van der Waals surface area contributed by atoms with Crippen molar-refractivity contribution in [1.82, 2.24) is 4.98 Å². The van der Waals surface area contributed by atoms with Crippen LogP contribution in [0.25, 0.3) is 0 Å². The van der Waals surface area contributed by atoms with Gasteiger partial charge in [0.15, 0.2) is 5.03 Å². The third kappa shape index (κ3) is 2.66. The molecule has 90 valence electrons. The summed E-state index contributed by atoms with van der Waals surface area (Å²) in [6, 6.07) is 0.913. The van der Waals surface area contributed by atoms with Gasteiger partial charge in [-0.25, -0.2) is 22.3 Å². The van der Waals surface area contributed by atoms with Crippen LogP contribution in [0.4, 0.5) is 8.78 Å². The van der Waals surface area contributed by atoms with Gasteiger partial charge in [0.2, 0.25) is 5.88 Å². The number of aromatic nitrogens is 1. The van der Waals surface area contributed by atoms with E-state index < -0.39 is 32.9 Å². The molecule has 0 aliphatic rings. The molecule has 1 aromatic rings. The zero-order chi connectivity index (χ0) is 12.5.